The maximum Gasteiger partial charge on any atom is 0.0575 e. The van der Waals surface area contributed by atoms with Crippen LogP contribution in [0.2, 0.25) is 0 Å². The predicted molar refractivity (Wildman–Crippen MR) is 161 cm³/mol. The van der Waals surface area contributed by atoms with Crippen LogP contribution < -0.4 is 11.1 Å². The lowest BCUT2D eigenvalue weighted by atomic mass is 9.77. The van der Waals surface area contributed by atoms with Crippen LogP contribution in [0.1, 0.15) is 169 Å². The van der Waals surface area contributed by atoms with Gasteiger partial charge in [0.05, 0.1) is 12.7 Å². The Hall–Kier alpha value is -0.120. The number of ether oxygens (including phenoxy) is 1. The molecule has 3 N–H and O–H groups in total. The number of hydrogen-bond acceptors (Lipinski definition) is 3. The van der Waals surface area contributed by atoms with Gasteiger partial charge in [-0.2, -0.15) is 0 Å². The summed E-state index contributed by atoms with van der Waals surface area (Å²) in [6.07, 6.45) is 29.0. The van der Waals surface area contributed by atoms with Crippen molar-refractivity contribution in [3.05, 3.63) is 0 Å². The Bertz CT molecular complexity index is 469. The normalized spacial score (nSPS) is 18.5. The van der Waals surface area contributed by atoms with E-state index in [1.54, 1.807) is 0 Å². The van der Waals surface area contributed by atoms with E-state index in [1.807, 2.05) is 0 Å². The van der Waals surface area contributed by atoms with Crippen LogP contribution in [0.5, 0.6) is 0 Å². The Balaban J connectivity index is 0.000000936. The van der Waals surface area contributed by atoms with Crippen molar-refractivity contribution in [1.82, 2.24) is 5.32 Å². The van der Waals surface area contributed by atoms with E-state index >= 15 is 0 Å². The summed E-state index contributed by atoms with van der Waals surface area (Å²) < 4.78 is 6.26. The number of nitrogens with two attached hydrogens (primary N) is 1. The zero-order chi connectivity index (χ0) is 26.5. The first-order chi connectivity index (χ1) is 17.2. The topological polar surface area (TPSA) is 47.3 Å². The van der Waals surface area contributed by atoms with Crippen molar-refractivity contribution in [3.8, 4) is 0 Å². The minimum absolute atomic E-state index is 0.185. The third kappa shape index (κ3) is 19.9. The van der Waals surface area contributed by atoms with Gasteiger partial charge >= 0.3 is 0 Å². The highest BCUT2D eigenvalue weighted by Crippen LogP contribution is 2.33. The van der Waals surface area contributed by atoms with Gasteiger partial charge in [0.2, 0.25) is 0 Å². The van der Waals surface area contributed by atoms with Gasteiger partial charge in [0.1, 0.15) is 0 Å². The lowest BCUT2D eigenvalue weighted by Gasteiger charge is -2.34. The van der Waals surface area contributed by atoms with E-state index < -0.39 is 0 Å². The van der Waals surface area contributed by atoms with Gasteiger partial charge in [-0.3, -0.25) is 0 Å². The first-order valence-corrected chi connectivity index (χ1v) is 16.3. The van der Waals surface area contributed by atoms with Crippen LogP contribution >= 0.6 is 0 Å². The lowest BCUT2D eigenvalue weighted by Crippen LogP contribution is -2.35. The monoisotopic (exact) mass is 509 g/mol. The molecule has 2 fully saturated rings. The molecule has 1 aliphatic carbocycles. The summed E-state index contributed by atoms with van der Waals surface area (Å²) in [6.45, 7) is 15.2. The fraction of sp³-hybridized carbons (Fsp3) is 1.00. The van der Waals surface area contributed by atoms with Crippen LogP contribution in [0.4, 0.5) is 0 Å². The van der Waals surface area contributed by atoms with E-state index in [2.05, 4.69) is 39.9 Å². The third-order valence-electron chi connectivity index (χ3n) is 8.31. The molecule has 3 heteroatoms. The fourth-order valence-corrected chi connectivity index (χ4v) is 6.12. The molecule has 216 valence electrons. The average molecular weight is 509 g/mol. The van der Waals surface area contributed by atoms with Gasteiger partial charge in [0.15, 0.2) is 0 Å². The summed E-state index contributed by atoms with van der Waals surface area (Å²) in [6, 6.07) is 0.285. The van der Waals surface area contributed by atoms with Crippen molar-refractivity contribution in [2.45, 2.75) is 182 Å². The van der Waals surface area contributed by atoms with Crippen molar-refractivity contribution in [2.75, 3.05) is 19.7 Å². The molecule has 1 saturated carbocycles. The van der Waals surface area contributed by atoms with Gasteiger partial charge in [-0.05, 0) is 68.9 Å². The summed E-state index contributed by atoms with van der Waals surface area (Å²) in [5.74, 6) is 0. The first kappa shape index (κ1) is 33.9. The zero-order valence-electron chi connectivity index (χ0n) is 25.6. The van der Waals surface area contributed by atoms with Gasteiger partial charge < -0.3 is 15.8 Å². The second kappa shape index (κ2) is 20.8. The minimum atomic E-state index is 0.185. The van der Waals surface area contributed by atoms with Crippen LogP contribution in [-0.2, 0) is 4.74 Å². The number of piperidine rings is 1. The van der Waals surface area contributed by atoms with Gasteiger partial charge in [-0.15, -0.1) is 0 Å². The zero-order valence-corrected chi connectivity index (χ0v) is 25.6. The van der Waals surface area contributed by atoms with E-state index in [9.17, 15) is 0 Å². The summed E-state index contributed by atoms with van der Waals surface area (Å²) in [7, 11) is 0. The SMILES string of the molecule is C1CCNCC1.CCCCCCCCCCCCC(C)(C)CC(N)CC(C)(C)COC1CCCCC1. The van der Waals surface area contributed by atoms with Gasteiger partial charge in [0.25, 0.3) is 0 Å². The quantitative estimate of drug-likeness (QED) is 0.181. The van der Waals surface area contributed by atoms with Gasteiger partial charge in [-0.25, -0.2) is 0 Å². The molecule has 0 aromatic rings. The van der Waals surface area contributed by atoms with Crippen LogP contribution in [0.3, 0.4) is 0 Å². The fourth-order valence-electron chi connectivity index (χ4n) is 6.12. The molecular weight excluding hydrogens is 440 g/mol. The highest BCUT2D eigenvalue weighted by atomic mass is 16.5. The third-order valence-corrected chi connectivity index (χ3v) is 8.31. The second-order valence-electron chi connectivity index (χ2n) is 13.8. The van der Waals surface area contributed by atoms with Crippen molar-refractivity contribution in [3.63, 3.8) is 0 Å². The van der Waals surface area contributed by atoms with E-state index in [4.69, 9.17) is 10.5 Å². The van der Waals surface area contributed by atoms with E-state index in [-0.39, 0.29) is 11.5 Å². The van der Waals surface area contributed by atoms with Crippen LogP contribution in [0.25, 0.3) is 0 Å². The molecule has 1 aliphatic heterocycles. The van der Waals surface area contributed by atoms with Gasteiger partial charge in [-0.1, -0.05) is 125 Å². The van der Waals surface area contributed by atoms with E-state index in [0.29, 0.717) is 11.5 Å². The minimum Gasteiger partial charge on any atom is -0.378 e. The molecule has 0 bridgehead atoms. The van der Waals surface area contributed by atoms with Crippen molar-refractivity contribution < 1.29 is 4.74 Å². The van der Waals surface area contributed by atoms with E-state index in [0.717, 1.165) is 19.4 Å². The van der Waals surface area contributed by atoms with Crippen molar-refractivity contribution in [1.29, 1.82) is 0 Å². The second-order valence-corrected chi connectivity index (χ2v) is 13.8. The molecule has 0 radical (unpaired) electrons. The summed E-state index contributed by atoms with van der Waals surface area (Å²) >= 11 is 0. The Kier molecular flexibility index (Phi) is 19.6. The molecule has 36 heavy (non-hydrogen) atoms. The Morgan fingerprint density at radius 2 is 1.19 bits per heavy atom. The lowest BCUT2D eigenvalue weighted by molar-refractivity contribution is -0.0199. The maximum atomic E-state index is 6.62. The summed E-state index contributed by atoms with van der Waals surface area (Å²) in [5.41, 5.74) is 7.16. The number of nitrogens with one attached hydrogen (secondary N) is 1. The first-order valence-electron chi connectivity index (χ1n) is 16.3. The van der Waals surface area contributed by atoms with E-state index in [1.165, 1.54) is 135 Å². The molecule has 2 aliphatic rings. The Morgan fingerprint density at radius 3 is 1.69 bits per heavy atom. The highest BCUT2D eigenvalue weighted by molar-refractivity contribution is 4.82. The predicted octanol–water partition coefficient (Wildman–Crippen LogP) is 9.57. The highest BCUT2D eigenvalue weighted by Gasteiger charge is 2.28. The van der Waals surface area contributed by atoms with Crippen LogP contribution in [0.15, 0.2) is 0 Å². The average Bonchev–Trinajstić information content (AvgIpc) is 2.85. The van der Waals surface area contributed by atoms with Gasteiger partial charge in [0, 0.05) is 6.04 Å². The molecule has 0 amide bonds. The molecule has 0 aromatic carbocycles. The number of hydrogen-bond donors (Lipinski definition) is 2. The standard InChI is InChI=1S/C28H57NO.C5H11N/c1-6-7-8-9-10-11-12-13-14-18-21-27(2,3)22-25(29)23-28(4,5)24-30-26-19-16-15-17-20-26;1-2-4-6-5-3-1/h25-26H,6-24,29H2,1-5H3;6H,1-5H2. The number of unbranched alkanes of at least 4 members (excludes halogenated alkanes) is 9. The summed E-state index contributed by atoms with van der Waals surface area (Å²) in [4.78, 5) is 0. The molecule has 1 heterocycles. The Labute approximate surface area is 227 Å². The summed E-state index contributed by atoms with van der Waals surface area (Å²) in [5, 5.41) is 3.28. The van der Waals surface area contributed by atoms with Crippen molar-refractivity contribution >= 4 is 0 Å². The molecule has 0 aromatic heterocycles. The Morgan fingerprint density at radius 1 is 0.694 bits per heavy atom. The molecule has 1 unspecified atom stereocenters. The van der Waals surface area contributed by atoms with Crippen LogP contribution in [0, 0.1) is 10.8 Å². The molecule has 1 atom stereocenters. The number of rotatable bonds is 18. The largest absolute Gasteiger partial charge is 0.378 e. The molecular formula is C33H68N2O. The maximum absolute atomic E-state index is 6.62. The van der Waals surface area contributed by atoms with Crippen molar-refractivity contribution in [2.24, 2.45) is 16.6 Å². The molecule has 3 nitrogen and oxygen atoms in total. The molecule has 1 saturated heterocycles. The molecule has 0 spiro atoms. The van der Waals surface area contributed by atoms with Crippen LogP contribution in [-0.4, -0.2) is 31.8 Å². The molecule has 2 rings (SSSR count). The smallest absolute Gasteiger partial charge is 0.0575 e.